The van der Waals surface area contributed by atoms with E-state index in [1.54, 1.807) is 4.72 Å². The predicted molar refractivity (Wildman–Crippen MR) is 122 cm³/mol. The zero-order valence-electron chi connectivity index (χ0n) is 19.4. The van der Waals surface area contributed by atoms with Crippen molar-refractivity contribution in [3.63, 3.8) is 0 Å². The summed E-state index contributed by atoms with van der Waals surface area (Å²) in [7, 11) is -2.26. The second kappa shape index (κ2) is 9.47. The lowest BCUT2D eigenvalue weighted by molar-refractivity contribution is -0.153. The van der Waals surface area contributed by atoms with E-state index in [-0.39, 0.29) is 40.1 Å². The monoisotopic (exact) mass is 521 g/mol. The Morgan fingerprint density at radius 1 is 1.00 bits per heavy atom. The van der Waals surface area contributed by atoms with Crippen molar-refractivity contribution in [3.8, 4) is 11.1 Å². The smallest absolute Gasteiger partial charge is 0.347 e. The molecule has 0 aliphatic rings. The molecule has 1 unspecified atom stereocenters. The highest BCUT2D eigenvalue weighted by molar-refractivity contribution is 7.87. The lowest BCUT2D eigenvalue weighted by atomic mass is 9.97. The van der Waals surface area contributed by atoms with Crippen LogP contribution in [0.25, 0.3) is 22.0 Å². The van der Waals surface area contributed by atoms with Gasteiger partial charge in [0.25, 0.3) is 10.2 Å². The van der Waals surface area contributed by atoms with Crippen LogP contribution in [0.3, 0.4) is 0 Å². The molecule has 0 bridgehead atoms. The summed E-state index contributed by atoms with van der Waals surface area (Å²) in [5.41, 5.74) is -0.872. The average molecular weight is 522 g/mol. The Hall–Kier alpha value is -2.57. The van der Waals surface area contributed by atoms with E-state index in [1.807, 2.05) is 13.8 Å². The fourth-order valence-electron chi connectivity index (χ4n) is 3.81. The van der Waals surface area contributed by atoms with Gasteiger partial charge in [-0.1, -0.05) is 44.2 Å². The third-order valence-electron chi connectivity index (χ3n) is 5.40. The Bertz CT molecular complexity index is 1310. The van der Waals surface area contributed by atoms with Crippen LogP contribution in [-0.2, 0) is 22.9 Å². The Morgan fingerprint density at radius 2 is 1.63 bits per heavy atom. The summed E-state index contributed by atoms with van der Waals surface area (Å²) in [6.07, 6.45) is -8.38. The van der Waals surface area contributed by atoms with E-state index in [1.165, 1.54) is 47.2 Å². The van der Waals surface area contributed by atoms with Crippen LogP contribution in [0, 0.1) is 5.92 Å². The second-order valence-corrected chi connectivity index (χ2v) is 10.7. The third kappa shape index (κ3) is 5.81. The number of aromatic nitrogens is 1. The van der Waals surface area contributed by atoms with Crippen molar-refractivity contribution in [2.45, 2.75) is 38.8 Å². The van der Waals surface area contributed by atoms with Crippen LogP contribution in [0.5, 0.6) is 0 Å². The van der Waals surface area contributed by atoms with Gasteiger partial charge in [-0.3, -0.25) is 0 Å². The molecule has 192 valence electrons. The highest BCUT2D eigenvalue weighted by atomic mass is 32.2. The molecule has 0 radical (unpaired) electrons. The number of nitrogens with one attached hydrogen (secondary N) is 1. The molecular weight excluding hydrogens is 496 g/mol. The molecule has 12 heteroatoms. The van der Waals surface area contributed by atoms with Gasteiger partial charge in [0, 0.05) is 43.3 Å². The molecule has 0 aliphatic carbocycles. The summed E-state index contributed by atoms with van der Waals surface area (Å²) in [4.78, 5) is 0. The lowest BCUT2D eigenvalue weighted by Crippen LogP contribution is -2.43. The number of rotatable bonds is 7. The molecule has 0 fully saturated rings. The minimum Gasteiger partial charge on any atom is -0.347 e. The molecule has 1 atom stereocenters. The van der Waals surface area contributed by atoms with Gasteiger partial charge in [-0.15, -0.1) is 0 Å². The molecule has 1 heterocycles. The maximum atomic E-state index is 14.0. The summed E-state index contributed by atoms with van der Waals surface area (Å²) < 4.78 is 111. The molecule has 0 amide bonds. The van der Waals surface area contributed by atoms with E-state index in [2.05, 4.69) is 0 Å². The maximum absolute atomic E-state index is 14.0. The Morgan fingerprint density at radius 3 is 2.17 bits per heavy atom. The van der Waals surface area contributed by atoms with Gasteiger partial charge >= 0.3 is 12.4 Å². The molecule has 0 spiro atoms. The van der Waals surface area contributed by atoms with Crippen molar-refractivity contribution in [3.05, 3.63) is 59.8 Å². The van der Waals surface area contributed by atoms with Gasteiger partial charge in [-0.2, -0.15) is 43.8 Å². The zero-order chi connectivity index (χ0) is 26.3. The topological polar surface area (TPSA) is 54.3 Å². The SMILES string of the molecule is CC(C)Cn1cc(C(NS(=O)(=O)N(C)C)C(F)(F)F)c2ccc(-c3ccccc3C(F)(F)F)cc21. The molecule has 3 rings (SSSR count). The second-order valence-electron chi connectivity index (χ2n) is 8.79. The number of nitrogens with zero attached hydrogens (tertiary/aromatic N) is 2. The van der Waals surface area contributed by atoms with Crippen molar-refractivity contribution < 1.29 is 34.8 Å². The van der Waals surface area contributed by atoms with E-state index in [0.29, 0.717) is 4.31 Å². The number of fused-ring (bicyclic) bond motifs is 1. The fraction of sp³-hybridized carbons (Fsp3) is 0.391. The van der Waals surface area contributed by atoms with E-state index in [9.17, 15) is 34.8 Å². The molecule has 1 N–H and O–H groups in total. The number of benzene rings is 2. The summed E-state index contributed by atoms with van der Waals surface area (Å²) in [5.74, 6) is -0.00706. The van der Waals surface area contributed by atoms with Gasteiger partial charge in [0.1, 0.15) is 6.04 Å². The molecule has 3 aromatic rings. The standard InChI is InChI=1S/C23H25F6N3O2S/c1-14(2)12-32-13-18(21(23(27,28)29)30-35(33,34)31(3)4)17-10-9-15(11-20(17)32)16-7-5-6-8-19(16)22(24,25)26/h5-11,13-14,21,30H,12H2,1-4H3. The molecule has 0 aliphatic heterocycles. The van der Waals surface area contributed by atoms with E-state index < -0.39 is 34.2 Å². The van der Waals surface area contributed by atoms with Crippen LogP contribution in [0.4, 0.5) is 26.3 Å². The summed E-state index contributed by atoms with van der Waals surface area (Å²) in [6.45, 7) is 3.94. The van der Waals surface area contributed by atoms with Gasteiger partial charge in [-0.25, -0.2) is 0 Å². The number of alkyl halides is 6. The van der Waals surface area contributed by atoms with E-state index in [4.69, 9.17) is 0 Å². The van der Waals surface area contributed by atoms with Gasteiger partial charge in [0.2, 0.25) is 0 Å². The van der Waals surface area contributed by atoms with Crippen molar-refractivity contribution in [2.75, 3.05) is 14.1 Å². The highest BCUT2D eigenvalue weighted by Crippen LogP contribution is 2.41. The molecular formula is C23H25F6N3O2S. The Kier molecular flexibility index (Phi) is 7.31. The highest BCUT2D eigenvalue weighted by Gasteiger charge is 2.45. The molecule has 0 saturated heterocycles. The summed E-state index contributed by atoms with van der Waals surface area (Å²) in [5, 5.41) is 0.0858. The Balaban J connectivity index is 2.26. The molecule has 1 aromatic heterocycles. The molecule has 2 aromatic carbocycles. The quantitative estimate of drug-likeness (QED) is 0.389. The van der Waals surface area contributed by atoms with Crippen molar-refractivity contribution >= 4 is 21.1 Å². The van der Waals surface area contributed by atoms with Crippen molar-refractivity contribution in [2.24, 2.45) is 5.92 Å². The van der Waals surface area contributed by atoms with Crippen LogP contribution in [0.15, 0.2) is 48.7 Å². The first-order valence-electron chi connectivity index (χ1n) is 10.6. The van der Waals surface area contributed by atoms with Crippen molar-refractivity contribution in [1.82, 2.24) is 13.6 Å². The van der Waals surface area contributed by atoms with Crippen LogP contribution in [-0.4, -0.2) is 37.6 Å². The number of hydrogen-bond acceptors (Lipinski definition) is 2. The van der Waals surface area contributed by atoms with Gasteiger partial charge < -0.3 is 4.57 Å². The first-order valence-corrected chi connectivity index (χ1v) is 12.0. The number of hydrogen-bond donors (Lipinski definition) is 1. The van der Waals surface area contributed by atoms with Crippen LogP contribution < -0.4 is 4.72 Å². The predicted octanol–water partition coefficient (Wildman–Crippen LogP) is 5.98. The largest absolute Gasteiger partial charge is 0.417 e. The van der Waals surface area contributed by atoms with Crippen molar-refractivity contribution in [1.29, 1.82) is 0 Å². The summed E-state index contributed by atoms with van der Waals surface area (Å²) in [6, 6.07) is 6.39. The van der Waals surface area contributed by atoms with E-state index in [0.717, 1.165) is 20.2 Å². The Labute approximate surface area is 199 Å². The summed E-state index contributed by atoms with van der Waals surface area (Å²) >= 11 is 0. The third-order valence-corrected chi connectivity index (χ3v) is 6.90. The molecule has 0 saturated carbocycles. The minimum atomic E-state index is -4.97. The van der Waals surface area contributed by atoms with Gasteiger partial charge in [0.15, 0.2) is 0 Å². The maximum Gasteiger partial charge on any atom is 0.417 e. The van der Waals surface area contributed by atoms with Gasteiger partial charge in [-0.05, 0) is 29.2 Å². The van der Waals surface area contributed by atoms with Crippen LogP contribution in [0.2, 0.25) is 0 Å². The molecule has 5 nitrogen and oxygen atoms in total. The first kappa shape index (κ1) is 27.0. The zero-order valence-corrected chi connectivity index (χ0v) is 20.2. The molecule has 35 heavy (non-hydrogen) atoms. The number of halogens is 6. The average Bonchev–Trinajstić information content (AvgIpc) is 3.07. The fourth-order valence-corrected chi connectivity index (χ4v) is 4.57. The lowest BCUT2D eigenvalue weighted by Gasteiger charge is -2.23. The minimum absolute atomic E-state index is 0.00706. The van der Waals surface area contributed by atoms with E-state index >= 15 is 0 Å². The van der Waals surface area contributed by atoms with Crippen LogP contribution in [0.1, 0.15) is 31.0 Å². The van der Waals surface area contributed by atoms with Crippen LogP contribution >= 0.6 is 0 Å². The van der Waals surface area contributed by atoms with Gasteiger partial charge in [0.05, 0.1) is 5.56 Å². The normalized spacial score (nSPS) is 14.3. The first-order chi connectivity index (χ1) is 16.0.